The number of likely N-dealkylation sites (N-methyl/N-ethyl adjacent to an activating group) is 1. The monoisotopic (exact) mass is 429 g/mol. The molecule has 1 N–H and O–H groups in total. The number of methoxy groups -OCH3 is 1. The van der Waals surface area contributed by atoms with Gasteiger partial charge in [0, 0.05) is 17.5 Å². The summed E-state index contributed by atoms with van der Waals surface area (Å²) in [6.07, 6.45) is 0. The topological polar surface area (TPSA) is 54.5 Å². The zero-order valence-corrected chi connectivity index (χ0v) is 18.9. The number of thiophene rings is 1. The van der Waals surface area contributed by atoms with Crippen molar-refractivity contribution in [1.29, 1.82) is 0 Å². The molecule has 0 aliphatic carbocycles. The van der Waals surface area contributed by atoms with Crippen molar-refractivity contribution in [3.8, 4) is 16.3 Å². The summed E-state index contributed by atoms with van der Waals surface area (Å²) in [7, 11) is 1.67. The molecule has 3 aromatic rings. The molecule has 1 aromatic carbocycles. The summed E-state index contributed by atoms with van der Waals surface area (Å²) in [5.74, 6) is 0.756. The first kappa shape index (κ1) is 21.5. The number of aromatic nitrogens is 1. The standard InChI is InChI=1S/C22H27N3O2S2/c1-5-25(6-2)19(16-8-7-9-18(12-16)27-4)13-23-21(26)20-15(3)24-22(29-20)17-10-11-28-14-17/h7-12,14,19H,5-6,13H2,1-4H3,(H,23,26). The van der Waals surface area contributed by atoms with Gasteiger partial charge in [0.05, 0.1) is 18.8 Å². The van der Waals surface area contributed by atoms with Crippen LogP contribution in [-0.2, 0) is 0 Å². The number of rotatable bonds is 9. The minimum Gasteiger partial charge on any atom is -0.497 e. The van der Waals surface area contributed by atoms with Crippen molar-refractivity contribution in [3.63, 3.8) is 0 Å². The van der Waals surface area contributed by atoms with Crippen LogP contribution in [0.25, 0.3) is 10.6 Å². The summed E-state index contributed by atoms with van der Waals surface area (Å²) in [6, 6.07) is 10.2. The summed E-state index contributed by atoms with van der Waals surface area (Å²) in [4.78, 5) is 20.5. The number of ether oxygens (including phenoxy) is 1. The Morgan fingerprint density at radius 1 is 1.28 bits per heavy atom. The fraction of sp³-hybridized carbons (Fsp3) is 0.364. The largest absolute Gasteiger partial charge is 0.497 e. The predicted octanol–water partition coefficient (Wildman–Crippen LogP) is 5.00. The highest BCUT2D eigenvalue weighted by Gasteiger charge is 2.22. The summed E-state index contributed by atoms with van der Waals surface area (Å²) in [5.41, 5.74) is 2.97. The van der Waals surface area contributed by atoms with Gasteiger partial charge in [0.25, 0.3) is 5.91 Å². The summed E-state index contributed by atoms with van der Waals surface area (Å²) >= 11 is 3.08. The van der Waals surface area contributed by atoms with Crippen molar-refractivity contribution < 1.29 is 9.53 Å². The number of amides is 1. The van der Waals surface area contributed by atoms with Crippen molar-refractivity contribution in [2.45, 2.75) is 26.8 Å². The van der Waals surface area contributed by atoms with Crippen LogP contribution >= 0.6 is 22.7 Å². The first-order chi connectivity index (χ1) is 14.1. The minimum atomic E-state index is -0.0680. The molecular weight excluding hydrogens is 402 g/mol. The van der Waals surface area contributed by atoms with Gasteiger partial charge in [-0.2, -0.15) is 11.3 Å². The average molecular weight is 430 g/mol. The maximum absolute atomic E-state index is 12.9. The van der Waals surface area contributed by atoms with E-state index in [2.05, 4.69) is 40.5 Å². The molecule has 0 aliphatic heterocycles. The Bertz CT molecular complexity index is 933. The minimum absolute atomic E-state index is 0.0680. The van der Waals surface area contributed by atoms with Gasteiger partial charge >= 0.3 is 0 Å². The smallest absolute Gasteiger partial charge is 0.263 e. The molecule has 0 fully saturated rings. The molecular formula is C22H27N3O2S2. The third kappa shape index (κ3) is 5.04. The highest BCUT2D eigenvalue weighted by Crippen LogP contribution is 2.30. The van der Waals surface area contributed by atoms with Crippen LogP contribution in [0.5, 0.6) is 5.75 Å². The lowest BCUT2D eigenvalue weighted by atomic mass is 10.0. The zero-order valence-electron chi connectivity index (χ0n) is 17.3. The molecule has 1 atom stereocenters. The number of hydrogen-bond acceptors (Lipinski definition) is 6. The van der Waals surface area contributed by atoms with Crippen LogP contribution in [0.1, 0.15) is 40.8 Å². The van der Waals surface area contributed by atoms with Crippen LogP contribution in [0.2, 0.25) is 0 Å². The van der Waals surface area contributed by atoms with E-state index < -0.39 is 0 Å². The number of benzene rings is 1. The number of carbonyl (C=O) groups excluding carboxylic acids is 1. The lowest BCUT2D eigenvalue weighted by molar-refractivity contribution is 0.0938. The van der Waals surface area contributed by atoms with E-state index in [0.717, 1.165) is 40.7 Å². The van der Waals surface area contributed by atoms with Crippen LogP contribution in [0.15, 0.2) is 41.1 Å². The molecule has 29 heavy (non-hydrogen) atoms. The average Bonchev–Trinajstić information content (AvgIpc) is 3.40. The van der Waals surface area contributed by atoms with Gasteiger partial charge in [0.1, 0.15) is 15.6 Å². The molecule has 1 amide bonds. The molecule has 154 valence electrons. The van der Waals surface area contributed by atoms with Gasteiger partial charge in [0.15, 0.2) is 0 Å². The molecule has 2 heterocycles. The van der Waals surface area contributed by atoms with Gasteiger partial charge in [0.2, 0.25) is 0 Å². The summed E-state index contributed by atoms with van der Waals surface area (Å²) in [6.45, 7) is 8.49. The van der Waals surface area contributed by atoms with Gasteiger partial charge in [-0.3, -0.25) is 9.69 Å². The Labute approximate surface area is 180 Å². The van der Waals surface area contributed by atoms with E-state index in [1.807, 2.05) is 36.6 Å². The van der Waals surface area contributed by atoms with Crippen LogP contribution in [0, 0.1) is 6.92 Å². The number of aryl methyl sites for hydroxylation is 1. The summed E-state index contributed by atoms with van der Waals surface area (Å²) in [5, 5.41) is 8.10. The maximum atomic E-state index is 12.9. The summed E-state index contributed by atoms with van der Waals surface area (Å²) < 4.78 is 5.39. The molecule has 3 rings (SSSR count). The Balaban J connectivity index is 1.77. The third-order valence-corrected chi connectivity index (χ3v) is 6.85. The second-order valence-corrected chi connectivity index (χ2v) is 8.45. The maximum Gasteiger partial charge on any atom is 0.263 e. The first-order valence-electron chi connectivity index (χ1n) is 9.73. The lowest BCUT2D eigenvalue weighted by Crippen LogP contribution is -2.38. The second-order valence-electron chi connectivity index (χ2n) is 6.67. The van der Waals surface area contributed by atoms with Gasteiger partial charge in [-0.15, -0.1) is 11.3 Å². The van der Waals surface area contributed by atoms with E-state index in [9.17, 15) is 4.79 Å². The molecule has 5 nitrogen and oxygen atoms in total. The third-order valence-electron chi connectivity index (χ3n) is 4.96. The quantitative estimate of drug-likeness (QED) is 0.520. The molecule has 1 unspecified atom stereocenters. The highest BCUT2D eigenvalue weighted by atomic mass is 32.1. The van der Waals surface area contributed by atoms with Gasteiger partial charge in [-0.25, -0.2) is 4.98 Å². The van der Waals surface area contributed by atoms with E-state index in [1.165, 1.54) is 11.3 Å². The van der Waals surface area contributed by atoms with Gasteiger partial charge < -0.3 is 10.1 Å². The number of thiazole rings is 1. The molecule has 0 aliphatic rings. The predicted molar refractivity (Wildman–Crippen MR) is 121 cm³/mol. The van der Waals surface area contributed by atoms with Crippen LogP contribution < -0.4 is 10.1 Å². The molecule has 0 radical (unpaired) electrons. The van der Waals surface area contributed by atoms with E-state index in [4.69, 9.17) is 4.74 Å². The molecule has 0 saturated carbocycles. The van der Waals surface area contributed by atoms with Crippen LogP contribution in [-0.4, -0.2) is 42.5 Å². The second kappa shape index (κ2) is 10.0. The Hall–Kier alpha value is -2.22. The van der Waals surface area contributed by atoms with Gasteiger partial charge in [-0.1, -0.05) is 26.0 Å². The van der Waals surface area contributed by atoms with Crippen molar-refractivity contribution >= 4 is 28.6 Å². The van der Waals surface area contributed by atoms with E-state index in [1.54, 1.807) is 18.4 Å². The normalized spacial score (nSPS) is 12.2. The van der Waals surface area contributed by atoms with Crippen LogP contribution in [0.3, 0.4) is 0 Å². The molecule has 0 spiro atoms. The Kier molecular flexibility index (Phi) is 7.41. The van der Waals surface area contributed by atoms with E-state index in [-0.39, 0.29) is 11.9 Å². The van der Waals surface area contributed by atoms with Crippen molar-refractivity contribution in [2.24, 2.45) is 0 Å². The fourth-order valence-electron chi connectivity index (χ4n) is 3.36. The van der Waals surface area contributed by atoms with Crippen molar-refractivity contribution in [2.75, 3.05) is 26.7 Å². The van der Waals surface area contributed by atoms with Gasteiger partial charge in [-0.05, 0) is 49.2 Å². The molecule has 0 bridgehead atoms. The number of hydrogen-bond donors (Lipinski definition) is 1. The number of nitrogens with zero attached hydrogens (tertiary/aromatic N) is 2. The SMILES string of the molecule is CCN(CC)C(CNC(=O)c1sc(-c2ccsc2)nc1C)c1cccc(OC)c1. The molecule has 7 heteroatoms. The fourth-order valence-corrected chi connectivity index (χ4v) is 5.05. The number of nitrogens with one attached hydrogen (secondary N) is 1. The molecule has 0 saturated heterocycles. The van der Waals surface area contributed by atoms with Crippen LogP contribution in [0.4, 0.5) is 0 Å². The molecule has 2 aromatic heterocycles. The Morgan fingerprint density at radius 3 is 2.72 bits per heavy atom. The van der Waals surface area contributed by atoms with E-state index in [0.29, 0.717) is 11.4 Å². The first-order valence-corrected chi connectivity index (χ1v) is 11.5. The lowest BCUT2D eigenvalue weighted by Gasteiger charge is -2.30. The van der Waals surface area contributed by atoms with E-state index >= 15 is 0 Å². The zero-order chi connectivity index (χ0) is 20.8. The Morgan fingerprint density at radius 2 is 2.07 bits per heavy atom. The van der Waals surface area contributed by atoms with Crippen molar-refractivity contribution in [1.82, 2.24) is 15.2 Å². The highest BCUT2D eigenvalue weighted by molar-refractivity contribution is 7.17. The van der Waals surface area contributed by atoms with Crippen molar-refractivity contribution in [3.05, 3.63) is 57.2 Å². The number of carbonyl (C=O) groups is 1.